The summed E-state index contributed by atoms with van der Waals surface area (Å²) in [7, 11) is 5.56. The fraction of sp³-hybridized carbons (Fsp3) is 0.380. The quantitative estimate of drug-likeness (QED) is 0.0266. The number of alkyl halides is 2. The molecule has 77 heavy (non-hydrogen) atoms. The number of carbonyl (C=O) groups is 6. The van der Waals surface area contributed by atoms with Crippen LogP contribution in [0.3, 0.4) is 0 Å². The Morgan fingerprint density at radius 1 is 0.870 bits per heavy atom. The number of nitrogens with one attached hydrogen (secondary N) is 4. The molecule has 27 heteroatoms. The van der Waals surface area contributed by atoms with Crippen LogP contribution in [0.15, 0.2) is 73.3 Å². The van der Waals surface area contributed by atoms with E-state index in [9.17, 15) is 42.8 Å². The molecule has 1 aliphatic rings. The zero-order chi connectivity index (χ0) is 55.3. The molecule has 2 atom stereocenters. The van der Waals surface area contributed by atoms with Gasteiger partial charge in [-0.3, -0.25) is 38.9 Å². The lowest BCUT2D eigenvalue weighted by Crippen LogP contribution is -2.49. The van der Waals surface area contributed by atoms with Gasteiger partial charge in [0.05, 0.1) is 85.8 Å². The Kier molecular flexibility index (Phi) is 22.3. The smallest absolute Gasteiger partial charge is 0.480 e. The molecule has 5 heterocycles. The fourth-order valence-electron chi connectivity index (χ4n) is 7.42. The van der Waals surface area contributed by atoms with Crippen molar-refractivity contribution in [3.8, 4) is 34.2 Å². The zero-order valence-corrected chi connectivity index (χ0v) is 44.1. The molecule has 1 fully saturated rings. The number of hydrogen-bond acceptors (Lipinski definition) is 19. The second-order valence-electron chi connectivity index (χ2n) is 16.8. The SMILES string of the molecule is COCCOCCNC(=O)C(CSSCCOC(=O)OCc1ccc(-c2ccnc3ccc(-c4cnc(OC)c(N)c4)cc23)cn1)NC(=O)CCC(=O)NCc1cc(C(=O)NCC(=O)N2CC(F)(F)C[C@H]2C#N)c(Cl)cn1. The van der Waals surface area contributed by atoms with E-state index in [0.29, 0.717) is 41.1 Å². The first-order chi connectivity index (χ1) is 37.1. The number of nitrogens with zero attached hydrogens (tertiary/aromatic N) is 6. The first-order valence-electron chi connectivity index (χ1n) is 23.7. The van der Waals surface area contributed by atoms with Crippen molar-refractivity contribution in [2.24, 2.45) is 0 Å². The van der Waals surface area contributed by atoms with Crippen LogP contribution < -0.4 is 31.7 Å². The number of hydrogen-bond donors (Lipinski definition) is 5. The predicted octanol–water partition coefficient (Wildman–Crippen LogP) is 4.88. The van der Waals surface area contributed by atoms with Gasteiger partial charge in [0.2, 0.25) is 29.5 Å². The highest BCUT2D eigenvalue weighted by Gasteiger charge is 2.47. The minimum Gasteiger partial charge on any atom is -0.480 e. The summed E-state index contributed by atoms with van der Waals surface area (Å²) in [6.45, 7) is -0.930. The van der Waals surface area contributed by atoms with E-state index >= 15 is 0 Å². The summed E-state index contributed by atoms with van der Waals surface area (Å²) in [4.78, 5) is 94.9. The Hall–Kier alpha value is -7.44. The molecule has 1 unspecified atom stereocenters. The van der Waals surface area contributed by atoms with E-state index in [1.54, 1.807) is 36.8 Å². The van der Waals surface area contributed by atoms with Gasteiger partial charge in [0.1, 0.15) is 25.3 Å². The number of carbonyl (C=O) groups excluding carboxylic acids is 6. The Balaban J connectivity index is 0.912. The molecule has 4 aromatic heterocycles. The van der Waals surface area contributed by atoms with Crippen molar-refractivity contribution < 1.29 is 61.2 Å². The third-order valence-corrected chi connectivity index (χ3v) is 14.0. The van der Waals surface area contributed by atoms with E-state index in [-0.39, 0.29) is 67.8 Å². The molecule has 6 N–H and O–H groups in total. The highest BCUT2D eigenvalue weighted by Crippen LogP contribution is 2.34. The summed E-state index contributed by atoms with van der Waals surface area (Å²) in [5.41, 5.74) is 11.3. The number of anilines is 1. The third kappa shape index (κ3) is 17.8. The highest BCUT2D eigenvalue weighted by molar-refractivity contribution is 8.76. The van der Waals surface area contributed by atoms with Gasteiger partial charge in [-0.1, -0.05) is 45.3 Å². The molecule has 5 amide bonds. The van der Waals surface area contributed by atoms with E-state index in [1.807, 2.05) is 30.3 Å². The minimum atomic E-state index is -3.23. The lowest BCUT2D eigenvalue weighted by Gasteiger charge is -2.19. The summed E-state index contributed by atoms with van der Waals surface area (Å²) in [6.07, 6.45) is 3.95. The van der Waals surface area contributed by atoms with E-state index in [1.165, 1.54) is 41.9 Å². The number of nitrogens with two attached hydrogens (primary N) is 1. The molecule has 0 bridgehead atoms. The monoisotopic (exact) mass is 1120 g/mol. The van der Waals surface area contributed by atoms with Gasteiger partial charge in [-0.05, 0) is 47.5 Å². The first kappa shape index (κ1) is 58.8. The third-order valence-electron chi connectivity index (χ3n) is 11.3. The summed E-state index contributed by atoms with van der Waals surface area (Å²) >= 11 is 6.16. The van der Waals surface area contributed by atoms with Gasteiger partial charge in [0.25, 0.3) is 11.8 Å². The Morgan fingerprint density at radius 2 is 1.65 bits per heavy atom. The number of aromatic nitrogens is 4. The number of nitrogen functional groups attached to an aromatic ring is 1. The van der Waals surface area contributed by atoms with Crippen LogP contribution in [0.4, 0.5) is 19.3 Å². The maximum absolute atomic E-state index is 13.8. The van der Waals surface area contributed by atoms with Crippen LogP contribution in [0.1, 0.15) is 41.0 Å². The number of fused-ring (bicyclic) bond motifs is 1. The van der Waals surface area contributed by atoms with Crippen molar-refractivity contribution in [3.05, 3.63) is 95.3 Å². The molecule has 22 nitrogen and oxygen atoms in total. The lowest BCUT2D eigenvalue weighted by atomic mass is 9.98. The van der Waals surface area contributed by atoms with Crippen molar-refractivity contribution >= 4 is 85.5 Å². The molecule has 1 saturated heterocycles. The van der Waals surface area contributed by atoms with Crippen LogP contribution in [-0.2, 0) is 51.3 Å². The van der Waals surface area contributed by atoms with Gasteiger partial charge >= 0.3 is 6.16 Å². The number of rotatable bonds is 27. The van der Waals surface area contributed by atoms with Crippen LogP contribution in [0.25, 0.3) is 33.2 Å². The maximum Gasteiger partial charge on any atom is 0.508 e. The van der Waals surface area contributed by atoms with Crippen molar-refractivity contribution in [2.75, 3.05) is 77.5 Å². The van der Waals surface area contributed by atoms with Crippen LogP contribution >= 0.6 is 33.2 Å². The van der Waals surface area contributed by atoms with Gasteiger partial charge in [0.15, 0.2) is 0 Å². The number of amides is 5. The number of halogens is 3. The molecule has 408 valence electrons. The predicted molar refractivity (Wildman–Crippen MR) is 281 cm³/mol. The summed E-state index contributed by atoms with van der Waals surface area (Å²) < 4.78 is 53.7. The van der Waals surface area contributed by atoms with Crippen molar-refractivity contribution in [1.82, 2.24) is 46.1 Å². The van der Waals surface area contributed by atoms with Crippen LogP contribution in [0, 0.1) is 11.3 Å². The Morgan fingerprint density at radius 3 is 2.40 bits per heavy atom. The van der Waals surface area contributed by atoms with Crippen molar-refractivity contribution in [2.45, 2.75) is 50.4 Å². The second-order valence-corrected chi connectivity index (χ2v) is 19.8. The van der Waals surface area contributed by atoms with E-state index in [2.05, 4.69) is 41.2 Å². The van der Waals surface area contributed by atoms with Crippen LogP contribution in [0.2, 0.25) is 5.02 Å². The molecule has 0 spiro atoms. The number of pyridine rings is 4. The van der Waals surface area contributed by atoms with Crippen LogP contribution in [0.5, 0.6) is 5.88 Å². The number of methoxy groups -OCH3 is 2. The second kappa shape index (κ2) is 29.2. The average molecular weight is 1120 g/mol. The maximum atomic E-state index is 13.8. The topological polar surface area (TPSA) is 301 Å². The molecule has 1 aliphatic heterocycles. The first-order valence-corrected chi connectivity index (χ1v) is 26.5. The van der Waals surface area contributed by atoms with Gasteiger partial charge in [-0.2, -0.15) is 5.26 Å². The molecular weight excluding hydrogens is 1070 g/mol. The van der Waals surface area contributed by atoms with Crippen molar-refractivity contribution in [1.29, 1.82) is 5.26 Å². The summed E-state index contributed by atoms with van der Waals surface area (Å²) in [5.74, 6) is -5.81. The molecular formula is C50H54ClF2N11O11S2. The number of ether oxygens (including phenoxy) is 5. The molecule has 0 saturated carbocycles. The Bertz CT molecular complexity index is 2940. The lowest BCUT2D eigenvalue weighted by molar-refractivity contribution is -0.131. The van der Waals surface area contributed by atoms with Crippen LogP contribution in [-0.4, -0.2) is 150 Å². The number of likely N-dealkylation sites (tertiary alicyclic amines) is 1. The van der Waals surface area contributed by atoms with E-state index in [0.717, 1.165) is 39.4 Å². The van der Waals surface area contributed by atoms with Gasteiger partial charge in [-0.25, -0.2) is 18.6 Å². The minimum absolute atomic E-state index is 0.0213. The van der Waals surface area contributed by atoms with E-state index in [4.69, 9.17) is 41.0 Å². The number of nitriles is 1. The van der Waals surface area contributed by atoms with Gasteiger partial charge in [0, 0.05) is 85.7 Å². The van der Waals surface area contributed by atoms with Crippen molar-refractivity contribution in [3.63, 3.8) is 0 Å². The summed E-state index contributed by atoms with van der Waals surface area (Å²) in [6, 6.07) is 13.7. The summed E-state index contributed by atoms with van der Waals surface area (Å²) in [5, 5.41) is 20.2. The van der Waals surface area contributed by atoms with Gasteiger partial charge < -0.3 is 55.6 Å². The molecule has 6 rings (SSSR count). The Labute approximate surface area is 453 Å². The molecule has 0 radical (unpaired) electrons. The number of benzene rings is 1. The van der Waals surface area contributed by atoms with E-state index < -0.39 is 73.2 Å². The molecule has 1 aromatic carbocycles. The van der Waals surface area contributed by atoms with Gasteiger partial charge in [-0.15, -0.1) is 0 Å². The zero-order valence-electron chi connectivity index (χ0n) is 41.7. The average Bonchev–Trinajstić information content (AvgIpc) is 3.78. The fourth-order valence-corrected chi connectivity index (χ4v) is 9.60. The normalized spacial score (nSPS) is 14.0. The largest absolute Gasteiger partial charge is 0.508 e. The molecule has 5 aromatic rings. The molecule has 0 aliphatic carbocycles. The highest BCUT2D eigenvalue weighted by atomic mass is 35.5. The standard InChI is InChI=1S/C50H54ClF2N11O11S2/c1-71-13-14-73-12-11-57-47(69)42(63-44(66)8-7-43(65)60-24-34-19-38(39(51)25-59-34)46(68)61-26-45(67)64-29-50(52,53)20-35(64)21-54)28-77-76-16-15-74-49(70)75-27-33-5-3-31(22-58-33)36-9-10-56-41-6-4-30(17-37(36)41)32-18-40(55)48(72-2)62-23-32/h3-6,9-10,17-19,22-23,25,35,42H,7-8,11-16,20,24,26-29,55H2,1-2H3,(H,57,69)(H,60,65)(H,61,68)(H,63,66)/t35-,42?/m0/s1.